The number of carbonyl (C=O) groups excluding carboxylic acids is 1. The van der Waals surface area contributed by atoms with E-state index in [-0.39, 0.29) is 6.61 Å². The van der Waals surface area contributed by atoms with Crippen LogP contribution in [0.1, 0.15) is 24.0 Å². The lowest BCUT2D eigenvalue weighted by Crippen LogP contribution is -2.32. The Hall–Kier alpha value is -3.48. The quantitative estimate of drug-likeness (QED) is 0.499. The van der Waals surface area contributed by atoms with Crippen LogP contribution in [0.25, 0.3) is 11.0 Å². The molecule has 29 heavy (non-hydrogen) atoms. The van der Waals surface area contributed by atoms with Crippen LogP contribution in [-0.4, -0.2) is 31.9 Å². The molecule has 0 amide bonds. The first-order chi connectivity index (χ1) is 14.2. The standard InChI is InChI=1S/C22H18O7/c1-2-25-22(24)20-17(12-7-8-15-16(11-12)27-10-9-26-15)18-19(29-20)13-5-3-4-6-14(13)28-21(18)23/h3-8,11,17,20H,2,9-10H2,1H3/t17-,20-/m1/s1. The molecular formula is C22H18O7. The van der Waals surface area contributed by atoms with Crippen LogP contribution in [0.15, 0.2) is 51.7 Å². The van der Waals surface area contributed by atoms with Crippen LogP contribution in [0.5, 0.6) is 17.2 Å². The lowest BCUT2D eigenvalue weighted by Gasteiger charge is -2.22. The molecule has 0 spiro atoms. The molecule has 3 heterocycles. The Morgan fingerprint density at radius 2 is 1.90 bits per heavy atom. The molecule has 7 nitrogen and oxygen atoms in total. The molecule has 7 heteroatoms. The van der Waals surface area contributed by atoms with E-state index < -0.39 is 23.6 Å². The fourth-order valence-electron chi connectivity index (χ4n) is 3.88. The average molecular weight is 394 g/mol. The number of carbonyl (C=O) groups is 1. The van der Waals surface area contributed by atoms with Crippen molar-refractivity contribution in [1.29, 1.82) is 0 Å². The summed E-state index contributed by atoms with van der Waals surface area (Å²) in [6.07, 6.45) is -0.999. The van der Waals surface area contributed by atoms with Crippen molar-refractivity contribution >= 4 is 16.9 Å². The van der Waals surface area contributed by atoms with Gasteiger partial charge in [-0.25, -0.2) is 9.59 Å². The fraction of sp³-hybridized carbons (Fsp3) is 0.273. The first-order valence-electron chi connectivity index (χ1n) is 9.46. The predicted octanol–water partition coefficient (Wildman–Crippen LogP) is 3.02. The molecule has 0 fully saturated rings. The maximum Gasteiger partial charge on any atom is 0.348 e. The Bertz CT molecular complexity index is 1160. The molecule has 148 valence electrons. The molecule has 3 aromatic rings. The SMILES string of the molecule is CCOC(=O)[C@@H]1Oc2c(c(=O)oc3ccccc23)[C@H]1c1ccc2c(c1)OCCO2. The van der Waals surface area contributed by atoms with Gasteiger partial charge in [-0.3, -0.25) is 0 Å². The highest BCUT2D eigenvalue weighted by Crippen LogP contribution is 2.46. The summed E-state index contributed by atoms with van der Waals surface area (Å²) in [5.74, 6) is 0.329. The highest BCUT2D eigenvalue weighted by molar-refractivity contribution is 5.88. The van der Waals surface area contributed by atoms with E-state index in [0.717, 1.165) is 0 Å². The zero-order valence-electron chi connectivity index (χ0n) is 15.7. The summed E-state index contributed by atoms with van der Waals surface area (Å²) in [5.41, 5.74) is 0.860. The summed E-state index contributed by atoms with van der Waals surface area (Å²) in [5, 5.41) is 0.636. The largest absolute Gasteiger partial charge is 0.486 e. The summed E-state index contributed by atoms with van der Waals surface area (Å²) < 4.78 is 28.0. The zero-order chi connectivity index (χ0) is 20.0. The van der Waals surface area contributed by atoms with Gasteiger partial charge in [-0.2, -0.15) is 0 Å². The van der Waals surface area contributed by atoms with Crippen molar-refractivity contribution in [2.45, 2.75) is 18.9 Å². The van der Waals surface area contributed by atoms with Crippen molar-refractivity contribution in [3.8, 4) is 17.2 Å². The van der Waals surface area contributed by atoms with Gasteiger partial charge in [-0.1, -0.05) is 18.2 Å². The topological polar surface area (TPSA) is 84.2 Å². The van der Waals surface area contributed by atoms with Gasteiger partial charge in [0.25, 0.3) is 0 Å². The maximum atomic E-state index is 12.9. The van der Waals surface area contributed by atoms with Crippen molar-refractivity contribution in [1.82, 2.24) is 0 Å². The highest BCUT2D eigenvalue weighted by Gasteiger charge is 2.45. The van der Waals surface area contributed by atoms with Gasteiger partial charge >= 0.3 is 11.6 Å². The van der Waals surface area contributed by atoms with Crippen LogP contribution in [-0.2, 0) is 9.53 Å². The smallest absolute Gasteiger partial charge is 0.348 e. The van der Waals surface area contributed by atoms with Gasteiger partial charge in [0.05, 0.1) is 23.5 Å². The van der Waals surface area contributed by atoms with E-state index in [9.17, 15) is 9.59 Å². The van der Waals surface area contributed by atoms with Crippen LogP contribution in [0.2, 0.25) is 0 Å². The van der Waals surface area contributed by atoms with Crippen molar-refractivity contribution in [2.75, 3.05) is 19.8 Å². The van der Waals surface area contributed by atoms with Gasteiger partial charge in [0.1, 0.15) is 24.5 Å². The monoisotopic (exact) mass is 394 g/mol. The fourth-order valence-corrected chi connectivity index (χ4v) is 3.88. The minimum absolute atomic E-state index is 0.207. The third-order valence-corrected chi connectivity index (χ3v) is 5.10. The van der Waals surface area contributed by atoms with Crippen LogP contribution in [0.4, 0.5) is 0 Å². The van der Waals surface area contributed by atoms with E-state index in [0.29, 0.717) is 52.6 Å². The number of ether oxygens (including phenoxy) is 4. The van der Waals surface area contributed by atoms with E-state index in [2.05, 4.69) is 0 Å². The number of esters is 1. The Kier molecular flexibility index (Phi) is 4.16. The maximum absolute atomic E-state index is 12.9. The Balaban J connectivity index is 1.70. The molecule has 0 aliphatic carbocycles. The molecule has 2 atom stereocenters. The van der Waals surface area contributed by atoms with E-state index in [4.69, 9.17) is 23.4 Å². The average Bonchev–Trinajstić information content (AvgIpc) is 3.15. The molecule has 0 N–H and O–H groups in total. The third kappa shape index (κ3) is 2.81. The van der Waals surface area contributed by atoms with E-state index >= 15 is 0 Å². The highest BCUT2D eigenvalue weighted by atomic mass is 16.6. The van der Waals surface area contributed by atoms with Crippen LogP contribution in [0.3, 0.4) is 0 Å². The second kappa shape index (κ2) is 6.84. The summed E-state index contributed by atoms with van der Waals surface area (Å²) in [4.78, 5) is 25.6. The van der Waals surface area contributed by atoms with Crippen molar-refractivity contribution < 1.29 is 28.2 Å². The molecular weight excluding hydrogens is 376 g/mol. The first kappa shape index (κ1) is 17.6. The lowest BCUT2D eigenvalue weighted by atomic mass is 9.88. The zero-order valence-corrected chi connectivity index (χ0v) is 15.7. The molecule has 1 aromatic heterocycles. The lowest BCUT2D eigenvalue weighted by molar-refractivity contribution is -0.151. The predicted molar refractivity (Wildman–Crippen MR) is 103 cm³/mol. The molecule has 5 rings (SSSR count). The van der Waals surface area contributed by atoms with E-state index in [1.165, 1.54) is 0 Å². The molecule has 2 aromatic carbocycles. The number of rotatable bonds is 3. The number of benzene rings is 2. The van der Waals surface area contributed by atoms with E-state index in [1.54, 1.807) is 43.3 Å². The molecule has 2 aliphatic heterocycles. The van der Waals surface area contributed by atoms with Gasteiger partial charge in [-0.05, 0) is 36.8 Å². The van der Waals surface area contributed by atoms with Crippen LogP contribution >= 0.6 is 0 Å². The normalized spacial score (nSPS) is 19.5. The summed E-state index contributed by atoms with van der Waals surface area (Å²) in [6, 6.07) is 12.4. The Morgan fingerprint density at radius 3 is 2.72 bits per heavy atom. The number of hydrogen-bond acceptors (Lipinski definition) is 7. The number of fused-ring (bicyclic) bond motifs is 4. The molecule has 0 bridgehead atoms. The number of para-hydroxylation sites is 1. The Morgan fingerprint density at radius 1 is 1.10 bits per heavy atom. The van der Waals surface area contributed by atoms with Crippen molar-refractivity contribution in [3.63, 3.8) is 0 Å². The molecule has 0 radical (unpaired) electrons. The van der Waals surface area contributed by atoms with Gasteiger partial charge < -0.3 is 23.4 Å². The van der Waals surface area contributed by atoms with Crippen molar-refractivity contribution in [2.24, 2.45) is 0 Å². The molecule has 0 saturated carbocycles. The summed E-state index contributed by atoms with van der Waals surface area (Å²) in [7, 11) is 0. The Labute approximate surface area is 165 Å². The second-order valence-corrected chi connectivity index (χ2v) is 6.80. The summed E-state index contributed by atoms with van der Waals surface area (Å²) >= 11 is 0. The molecule has 2 aliphatic rings. The van der Waals surface area contributed by atoms with Gasteiger partial charge in [-0.15, -0.1) is 0 Å². The summed E-state index contributed by atoms with van der Waals surface area (Å²) in [6.45, 7) is 2.84. The van der Waals surface area contributed by atoms with Crippen LogP contribution < -0.4 is 19.8 Å². The van der Waals surface area contributed by atoms with Gasteiger partial charge in [0.2, 0.25) is 6.10 Å². The minimum Gasteiger partial charge on any atom is -0.486 e. The van der Waals surface area contributed by atoms with E-state index in [1.807, 2.05) is 6.07 Å². The van der Waals surface area contributed by atoms with Gasteiger partial charge in [0, 0.05) is 0 Å². The van der Waals surface area contributed by atoms with Gasteiger partial charge in [0.15, 0.2) is 11.5 Å². The molecule has 0 saturated heterocycles. The van der Waals surface area contributed by atoms with Crippen molar-refractivity contribution in [3.05, 3.63) is 64.0 Å². The minimum atomic E-state index is -0.999. The first-order valence-corrected chi connectivity index (χ1v) is 9.46. The van der Waals surface area contributed by atoms with Crippen LogP contribution in [0, 0.1) is 0 Å². The molecule has 0 unspecified atom stereocenters. The number of hydrogen-bond donors (Lipinski definition) is 0. The second-order valence-electron chi connectivity index (χ2n) is 6.80. The third-order valence-electron chi connectivity index (χ3n) is 5.10.